The lowest BCUT2D eigenvalue weighted by atomic mass is 9.58. The Balaban J connectivity index is 5.20. The molecule has 2 atom stereocenters. The average molecular weight is 315 g/mol. The van der Waals surface area contributed by atoms with Gasteiger partial charge in [0.1, 0.15) is 5.78 Å². The fraction of sp³-hybridized carbons (Fsp3) is 0.947. The van der Waals surface area contributed by atoms with Crippen molar-refractivity contribution in [3.63, 3.8) is 0 Å². The molecule has 132 valence electrons. The fourth-order valence-electron chi connectivity index (χ4n) is 2.68. The largest absolute Gasteiger partial charge is 0.300 e. The summed E-state index contributed by atoms with van der Waals surface area (Å²) >= 11 is 0. The zero-order valence-corrected chi connectivity index (χ0v) is 16.3. The van der Waals surface area contributed by atoms with E-state index >= 15 is 0 Å². The lowest BCUT2D eigenvalue weighted by Crippen LogP contribution is -2.40. The van der Waals surface area contributed by atoms with Crippen molar-refractivity contribution in [2.75, 3.05) is 6.61 Å². The molecule has 0 fully saturated rings. The Kier molecular flexibility index (Phi) is 7.30. The maximum absolute atomic E-state index is 11.4. The van der Waals surface area contributed by atoms with Crippen molar-refractivity contribution in [3.8, 4) is 0 Å². The summed E-state index contributed by atoms with van der Waals surface area (Å²) in [7, 11) is 0. The van der Waals surface area contributed by atoms with Gasteiger partial charge in [-0.25, -0.2) is 4.89 Å². The van der Waals surface area contributed by atoms with Crippen molar-refractivity contribution < 1.29 is 14.9 Å². The molecule has 0 aliphatic rings. The van der Waals surface area contributed by atoms with E-state index < -0.39 is 0 Å². The molecule has 0 aromatic heterocycles. The molecule has 0 aromatic rings. The maximum Gasteiger partial charge on any atom is 0.129 e. The van der Waals surface area contributed by atoms with Gasteiger partial charge in [-0.2, -0.15) is 0 Å². The van der Waals surface area contributed by atoms with E-state index in [0.717, 1.165) is 19.3 Å². The Morgan fingerprint density at radius 1 is 0.818 bits per heavy atom. The number of carbonyl (C=O) groups is 1. The van der Waals surface area contributed by atoms with Crippen LogP contribution >= 0.6 is 0 Å². The monoisotopic (exact) mass is 314 g/mol. The number of hydrogen-bond acceptors (Lipinski definition) is 3. The minimum absolute atomic E-state index is 0.0368. The van der Waals surface area contributed by atoms with Crippen molar-refractivity contribution in [2.24, 2.45) is 21.7 Å². The molecule has 22 heavy (non-hydrogen) atoms. The summed E-state index contributed by atoms with van der Waals surface area (Å²) in [6, 6.07) is 0. The average Bonchev–Trinajstić information content (AvgIpc) is 2.31. The molecule has 0 saturated heterocycles. The zero-order chi connectivity index (χ0) is 17.8. The number of Topliss-reactive ketones (excluding diaryl/α,β-unsaturated/α-hetero) is 1. The van der Waals surface area contributed by atoms with E-state index in [0.29, 0.717) is 13.0 Å². The van der Waals surface area contributed by atoms with Crippen LogP contribution in [0.15, 0.2) is 0 Å². The molecule has 0 heterocycles. The molecule has 3 heteroatoms. The number of hydrogen-bond donors (Lipinski definition) is 1. The molecule has 0 amide bonds. The molecular weight excluding hydrogens is 276 g/mol. The topological polar surface area (TPSA) is 46.5 Å². The van der Waals surface area contributed by atoms with Gasteiger partial charge in [0.2, 0.25) is 0 Å². The standard InChI is InChI=1S/C19H38O3/c1-15(20)10-11-18(8,16(2,3)4)12-13-19(9,14-22-21)17(5,6)7/h21H,10-14H2,1-9H3. The Morgan fingerprint density at radius 2 is 1.23 bits per heavy atom. The first-order valence-electron chi connectivity index (χ1n) is 8.44. The van der Waals surface area contributed by atoms with Crippen LogP contribution in [0.2, 0.25) is 0 Å². The minimum atomic E-state index is -0.107. The van der Waals surface area contributed by atoms with Crippen LogP contribution in [0, 0.1) is 21.7 Å². The van der Waals surface area contributed by atoms with E-state index in [-0.39, 0.29) is 27.4 Å². The second-order valence-electron chi connectivity index (χ2n) is 9.60. The van der Waals surface area contributed by atoms with Gasteiger partial charge in [-0.1, -0.05) is 55.4 Å². The molecule has 2 unspecified atom stereocenters. The van der Waals surface area contributed by atoms with Gasteiger partial charge in [0.25, 0.3) is 0 Å². The summed E-state index contributed by atoms with van der Waals surface area (Å²) in [6.07, 6.45) is 3.52. The van der Waals surface area contributed by atoms with Gasteiger partial charge in [-0.15, -0.1) is 0 Å². The summed E-state index contributed by atoms with van der Waals surface area (Å²) in [4.78, 5) is 16.0. The number of rotatable bonds is 8. The van der Waals surface area contributed by atoms with Gasteiger partial charge in [0.15, 0.2) is 0 Å². The zero-order valence-electron chi connectivity index (χ0n) is 16.3. The Hall–Kier alpha value is -0.410. The van der Waals surface area contributed by atoms with Crippen molar-refractivity contribution >= 4 is 5.78 Å². The lowest BCUT2D eigenvalue weighted by molar-refractivity contribution is -0.271. The molecule has 0 rings (SSSR count). The highest BCUT2D eigenvalue weighted by molar-refractivity contribution is 5.75. The molecule has 0 spiro atoms. The van der Waals surface area contributed by atoms with Gasteiger partial charge in [-0.3, -0.25) is 5.26 Å². The summed E-state index contributed by atoms with van der Waals surface area (Å²) in [5.74, 6) is 0.257. The van der Waals surface area contributed by atoms with Crippen LogP contribution in [0.4, 0.5) is 0 Å². The van der Waals surface area contributed by atoms with Crippen LogP contribution in [0.1, 0.15) is 88.0 Å². The molecule has 0 radical (unpaired) electrons. The van der Waals surface area contributed by atoms with Crippen molar-refractivity contribution in [1.82, 2.24) is 0 Å². The molecule has 0 aliphatic carbocycles. The van der Waals surface area contributed by atoms with E-state index in [2.05, 4.69) is 60.3 Å². The quantitative estimate of drug-likeness (QED) is 0.459. The van der Waals surface area contributed by atoms with Gasteiger partial charge in [-0.05, 0) is 47.8 Å². The second-order valence-corrected chi connectivity index (χ2v) is 9.60. The predicted molar refractivity (Wildman–Crippen MR) is 92.9 cm³/mol. The van der Waals surface area contributed by atoms with E-state index in [9.17, 15) is 4.79 Å². The second kappa shape index (κ2) is 7.44. The van der Waals surface area contributed by atoms with Gasteiger partial charge in [0.05, 0.1) is 6.61 Å². The van der Waals surface area contributed by atoms with E-state index in [4.69, 9.17) is 5.26 Å². The first kappa shape index (κ1) is 21.6. The third-order valence-electron chi connectivity index (χ3n) is 6.26. The first-order chi connectivity index (χ1) is 9.68. The van der Waals surface area contributed by atoms with Crippen LogP contribution in [0.3, 0.4) is 0 Å². The summed E-state index contributed by atoms with van der Waals surface area (Å²) in [5.41, 5.74) is 0.140. The molecular formula is C19H38O3. The Labute approximate surface area is 137 Å². The van der Waals surface area contributed by atoms with Crippen LogP contribution in [0.25, 0.3) is 0 Å². The van der Waals surface area contributed by atoms with Crippen molar-refractivity contribution in [2.45, 2.75) is 88.0 Å². The van der Waals surface area contributed by atoms with Crippen molar-refractivity contribution in [1.29, 1.82) is 0 Å². The van der Waals surface area contributed by atoms with E-state index in [1.54, 1.807) is 6.92 Å². The molecule has 3 nitrogen and oxygen atoms in total. The molecule has 1 N–H and O–H groups in total. The van der Waals surface area contributed by atoms with Crippen LogP contribution in [-0.4, -0.2) is 17.6 Å². The van der Waals surface area contributed by atoms with Crippen molar-refractivity contribution in [3.05, 3.63) is 0 Å². The lowest BCUT2D eigenvalue weighted by Gasteiger charge is -2.47. The van der Waals surface area contributed by atoms with Gasteiger partial charge in [0, 0.05) is 6.42 Å². The fourth-order valence-corrected chi connectivity index (χ4v) is 2.68. The van der Waals surface area contributed by atoms with Crippen LogP contribution in [-0.2, 0) is 9.68 Å². The van der Waals surface area contributed by atoms with Crippen LogP contribution in [0.5, 0.6) is 0 Å². The van der Waals surface area contributed by atoms with Crippen LogP contribution < -0.4 is 0 Å². The van der Waals surface area contributed by atoms with Gasteiger partial charge >= 0.3 is 0 Å². The first-order valence-corrected chi connectivity index (χ1v) is 8.44. The highest BCUT2D eigenvalue weighted by Gasteiger charge is 2.43. The third kappa shape index (κ3) is 5.66. The highest BCUT2D eigenvalue weighted by Crippen LogP contribution is 2.51. The Morgan fingerprint density at radius 3 is 1.55 bits per heavy atom. The molecule has 0 bridgehead atoms. The molecule has 0 aromatic carbocycles. The predicted octanol–water partition coefficient (Wildman–Crippen LogP) is 5.73. The molecule has 0 aliphatic heterocycles. The number of carbonyl (C=O) groups excluding carboxylic acids is 1. The summed E-state index contributed by atoms with van der Waals surface area (Å²) in [6.45, 7) is 19.8. The van der Waals surface area contributed by atoms with Gasteiger partial charge < -0.3 is 4.79 Å². The van der Waals surface area contributed by atoms with E-state index in [1.807, 2.05) is 0 Å². The smallest absolute Gasteiger partial charge is 0.129 e. The highest BCUT2D eigenvalue weighted by atomic mass is 17.1. The summed E-state index contributed by atoms with van der Waals surface area (Å²) < 4.78 is 0. The molecule has 0 saturated carbocycles. The number of ketones is 1. The Bertz CT molecular complexity index is 362. The third-order valence-corrected chi connectivity index (χ3v) is 6.26. The maximum atomic E-state index is 11.4. The summed E-state index contributed by atoms with van der Waals surface area (Å²) in [5, 5.41) is 8.99. The minimum Gasteiger partial charge on any atom is -0.300 e. The van der Waals surface area contributed by atoms with E-state index in [1.165, 1.54) is 0 Å². The SMILES string of the molecule is CC(=O)CCC(C)(CCC(C)(COO)C(C)(C)C)C(C)(C)C. The normalized spacial score (nSPS) is 18.6.